The maximum absolute atomic E-state index is 12.7. The van der Waals surface area contributed by atoms with Crippen LogP contribution in [-0.4, -0.2) is 41.6 Å². The lowest BCUT2D eigenvalue weighted by Crippen LogP contribution is -2.20. The maximum Gasteiger partial charge on any atom is 0.339 e. The van der Waals surface area contributed by atoms with Gasteiger partial charge in [-0.15, -0.1) is 0 Å². The molecule has 0 bridgehead atoms. The van der Waals surface area contributed by atoms with Crippen LogP contribution in [0.1, 0.15) is 27.1 Å². The number of hydrogen-bond donors (Lipinski definition) is 1. The molecular formula is C18H18N2O4S. The fraction of sp³-hybridized carbons (Fsp3) is 0.278. The molecule has 2 aromatic rings. The second kappa shape index (κ2) is 8.02. The van der Waals surface area contributed by atoms with Crippen molar-refractivity contribution in [2.45, 2.75) is 12.5 Å². The Bertz CT molecular complexity index is 775. The maximum atomic E-state index is 12.7. The highest BCUT2D eigenvalue weighted by atomic mass is 32.2. The number of amides is 1. The van der Waals surface area contributed by atoms with E-state index in [0.717, 1.165) is 17.9 Å². The Kier molecular flexibility index (Phi) is 5.55. The van der Waals surface area contributed by atoms with Crippen LogP contribution in [0.25, 0.3) is 0 Å². The molecule has 1 fully saturated rings. The number of carbonyl (C=O) groups excluding carboxylic acids is 2. The van der Waals surface area contributed by atoms with E-state index in [1.165, 1.54) is 7.11 Å². The molecule has 130 valence electrons. The lowest BCUT2D eigenvalue weighted by Gasteiger charge is -2.15. The quantitative estimate of drug-likeness (QED) is 0.828. The second-order valence-corrected chi connectivity index (χ2v) is 6.60. The van der Waals surface area contributed by atoms with Crippen LogP contribution >= 0.6 is 11.8 Å². The van der Waals surface area contributed by atoms with E-state index in [4.69, 9.17) is 9.47 Å². The van der Waals surface area contributed by atoms with Crippen molar-refractivity contribution >= 4 is 29.3 Å². The van der Waals surface area contributed by atoms with Gasteiger partial charge in [-0.2, -0.15) is 11.8 Å². The minimum Gasteiger partial charge on any atom is -0.473 e. The minimum atomic E-state index is -0.512. The standard InChI is InChI=1S/C18H18N2O4S/c1-23-18(22)13-5-2-3-7-15(13)20-16(21)14-6-4-9-19-17(14)24-12-8-10-25-11-12/h2-7,9,12H,8,10-11H2,1H3,(H,20,21). The number of nitrogens with zero attached hydrogens (tertiary/aromatic N) is 1. The number of aromatic nitrogens is 1. The Morgan fingerprint density at radius 1 is 1.20 bits per heavy atom. The number of esters is 1. The molecule has 2 heterocycles. The number of para-hydroxylation sites is 1. The van der Waals surface area contributed by atoms with E-state index in [9.17, 15) is 9.59 Å². The zero-order valence-electron chi connectivity index (χ0n) is 13.7. The van der Waals surface area contributed by atoms with Gasteiger partial charge in [0.2, 0.25) is 5.88 Å². The third-order valence-corrected chi connectivity index (χ3v) is 4.89. The summed E-state index contributed by atoms with van der Waals surface area (Å²) in [5, 5.41) is 2.74. The number of ether oxygens (including phenoxy) is 2. The van der Waals surface area contributed by atoms with Gasteiger partial charge in [-0.05, 0) is 36.4 Å². The summed E-state index contributed by atoms with van der Waals surface area (Å²) in [5.74, 6) is 1.35. The molecule has 1 aromatic carbocycles. The molecule has 0 radical (unpaired) electrons. The SMILES string of the molecule is COC(=O)c1ccccc1NC(=O)c1cccnc1OC1CCSC1. The van der Waals surface area contributed by atoms with Crippen LogP contribution in [-0.2, 0) is 4.74 Å². The van der Waals surface area contributed by atoms with Gasteiger partial charge in [-0.25, -0.2) is 9.78 Å². The highest BCUT2D eigenvalue weighted by Gasteiger charge is 2.22. The fourth-order valence-corrected chi connectivity index (χ4v) is 3.58. The van der Waals surface area contributed by atoms with Gasteiger partial charge in [0.05, 0.1) is 18.4 Å². The molecule has 1 amide bonds. The van der Waals surface area contributed by atoms with Crippen LogP contribution in [0.15, 0.2) is 42.6 Å². The second-order valence-electron chi connectivity index (χ2n) is 5.45. The predicted molar refractivity (Wildman–Crippen MR) is 96.3 cm³/mol. The van der Waals surface area contributed by atoms with Gasteiger partial charge < -0.3 is 14.8 Å². The molecule has 0 aliphatic carbocycles. The molecular weight excluding hydrogens is 340 g/mol. The van der Waals surface area contributed by atoms with E-state index in [-0.39, 0.29) is 17.6 Å². The predicted octanol–water partition coefficient (Wildman–Crippen LogP) is 3.00. The first kappa shape index (κ1) is 17.3. The number of hydrogen-bond acceptors (Lipinski definition) is 6. The van der Waals surface area contributed by atoms with Gasteiger partial charge in [0, 0.05) is 11.9 Å². The summed E-state index contributed by atoms with van der Waals surface area (Å²) in [6, 6.07) is 10.0. The molecule has 1 atom stereocenters. The molecule has 1 saturated heterocycles. The highest BCUT2D eigenvalue weighted by Crippen LogP contribution is 2.25. The van der Waals surface area contributed by atoms with E-state index < -0.39 is 5.97 Å². The average Bonchev–Trinajstić information content (AvgIpc) is 3.15. The van der Waals surface area contributed by atoms with Crippen LogP contribution in [0.3, 0.4) is 0 Å². The molecule has 1 aliphatic rings. The lowest BCUT2D eigenvalue weighted by atomic mass is 10.1. The Morgan fingerprint density at radius 3 is 2.76 bits per heavy atom. The van der Waals surface area contributed by atoms with E-state index in [2.05, 4.69) is 10.3 Å². The molecule has 1 N–H and O–H groups in total. The summed E-state index contributed by atoms with van der Waals surface area (Å²) < 4.78 is 10.6. The summed E-state index contributed by atoms with van der Waals surface area (Å²) >= 11 is 1.82. The lowest BCUT2D eigenvalue weighted by molar-refractivity contribution is 0.0602. The van der Waals surface area contributed by atoms with Crippen molar-refractivity contribution in [3.8, 4) is 5.88 Å². The van der Waals surface area contributed by atoms with Crippen LogP contribution < -0.4 is 10.1 Å². The van der Waals surface area contributed by atoms with Gasteiger partial charge in [0.25, 0.3) is 5.91 Å². The van der Waals surface area contributed by atoms with Crippen molar-refractivity contribution in [2.24, 2.45) is 0 Å². The van der Waals surface area contributed by atoms with E-state index in [0.29, 0.717) is 17.1 Å². The number of benzene rings is 1. The molecule has 0 saturated carbocycles. The molecule has 7 heteroatoms. The normalized spacial score (nSPS) is 16.3. The van der Waals surface area contributed by atoms with Crippen molar-refractivity contribution in [1.29, 1.82) is 0 Å². The first-order chi connectivity index (χ1) is 12.2. The van der Waals surface area contributed by atoms with Gasteiger partial charge in [-0.1, -0.05) is 12.1 Å². The Morgan fingerprint density at radius 2 is 2.00 bits per heavy atom. The van der Waals surface area contributed by atoms with Crippen molar-refractivity contribution < 1.29 is 19.1 Å². The van der Waals surface area contributed by atoms with Crippen molar-refractivity contribution in [1.82, 2.24) is 4.98 Å². The number of thioether (sulfide) groups is 1. The minimum absolute atomic E-state index is 0.0637. The van der Waals surface area contributed by atoms with Gasteiger partial charge in [-0.3, -0.25) is 4.79 Å². The molecule has 1 aromatic heterocycles. The molecule has 1 aliphatic heterocycles. The van der Waals surface area contributed by atoms with Crippen molar-refractivity contribution in [3.05, 3.63) is 53.7 Å². The summed E-state index contributed by atoms with van der Waals surface area (Å²) in [7, 11) is 1.30. The van der Waals surface area contributed by atoms with Gasteiger partial charge >= 0.3 is 5.97 Å². The molecule has 6 nitrogen and oxygen atoms in total. The van der Waals surface area contributed by atoms with E-state index >= 15 is 0 Å². The van der Waals surface area contributed by atoms with Gasteiger partial charge in [0.15, 0.2) is 0 Å². The number of pyridine rings is 1. The van der Waals surface area contributed by atoms with Crippen molar-refractivity contribution in [3.63, 3.8) is 0 Å². The molecule has 25 heavy (non-hydrogen) atoms. The topological polar surface area (TPSA) is 77.5 Å². The van der Waals surface area contributed by atoms with Gasteiger partial charge in [0.1, 0.15) is 11.7 Å². The monoisotopic (exact) mass is 358 g/mol. The third kappa shape index (κ3) is 4.11. The largest absolute Gasteiger partial charge is 0.473 e. The zero-order chi connectivity index (χ0) is 17.6. The number of methoxy groups -OCH3 is 1. The summed E-state index contributed by atoms with van der Waals surface area (Å²) in [6.45, 7) is 0. The Hall–Kier alpha value is -2.54. The molecule has 1 unspecified atom stereocenters. The molecule has 0 spiro atoms. The first-order valence-electron chi connectivity index (χ1n) is 7.87. The average molecular weight is 358 g/mol. The van der Waals surface area contributed by atoms with Crippen LogP contribution in [0.2, 0.25) is 0 Å². The van der Waals surface area contributed by atoms with E-state index in [1.807, 2.05) is 11.8 Å². The number of carbonyl (C=O) groups is 2. The number of nitrogens with one attached hydrogen (secondary N) is 1. The van der Waals surface area contributed by atoms with Crippen LogP contribution in [0, 0.1) is 0 Å². The summed E-state index contributed by atoms with van der Waals surface area (Å²) in [5.41, 5.74) is 1.00. The zero-order valence-corrected chi connectivity index (χ0v) is 14.5. The summed E-state index contributed by atoms with van der Waals surface area (Å²) in [4.78, 5) is 28.7. The highest BCUT2D eigenvalue weighted by molar-refractivity contribution is 7.99. The number of anilines is 1. The fourth-order valence-electron chi connectivity index (χ4n) is 2.49. The van der Waals surface area contributed by atoms with E-state index in [1.54, 1.807) is 42.6 Å². The third-order valence-electron chi connectivity index (χ3n) is 3.76. The smallest absolute Gasteiger partial charge is 0.339 e. The summed E-state index contributed by atoms with van der Waals surface area (Å²) in [6.07, 6.45) is 2.60. The van der Waals surface area contributed by atoms with Crippen LogP contribution in [0.5, 0.6) is 5.88 Å². The number of rotatable bonds is 5. The Labute approximate surface area is 149 Å². The Balaban J connectivity index is 1.81. The first-order valence-corrected chi connectivity index (χ1v) is 9.02. The van der Waals surface area contributed by atoms with Crippen LogP contribution in [0.4, 0.5) is 5.69 Å². The molecule has 3 rings (SSSR count). The van der Waals surface area contributed by atoms with Crippen molar-refractivity contribution in [2.75, 3.05) is 23.9 Å².